The summed E-state index contributed by atoms with van der Waals surface area (Å²) in [6.07, 6.45) is 4.67. The molecule has 3 aromatic rings. The summed E-state index contributed by atoms with van der Waals surface area (Å²) < 4.78 is 40.0. The summed E-state index contributed by atoms with van der Waals surface area (Å²) in [4.78, 5) is 17.9. The Kier molecular flexibility index (Phi) is 6.76. The molecule has 0 unspecified atom stereocenters. The highest BCUT2D eigenvalue weighted by atomic mass is 32.2. The number of benzene rings is 1. The maximum Gasteiger partial charge on any atom is 0.248 e. The Hall–Kier alpha value is -3.18. The van der Waals surface area contributed by atoms with Crippen LogP contribution in [0.5, 0.6) is 5.75 Å². The predicted molar refractivity (Wildman–Crippen MR) is 124 cm³/mol. The van der Waals surface area contributed by atoms with Crippen LogP contribution in [-0.2, 0) is 21.9 Å². The van der Waals surface area contributed by atoms with Crippen molar-refractivity contribution in [3.8, 4) is 5.75 Å². The van der Waals surface area contributed by atoms with Crippen LogP contribution in [0, 0.1) is 19.8 Å². The van der Waals surface area contributed by atoms with Crippen LogP contribution < -0.4 is 10.1 Å². The summed E-state index contributed by atoms with van der Waals surface area (Å²) in [6.45, 7) is 3.61. The van der Waals surface area contributed by atoms with Crippen molar-refractivity contribution in [2.45, 2.75) is 37.6 Å². The molecule has 0 spiro atoms. The number of aromatic nitrogens is 3. The lowest BCUT2D eigenvalue weighted by Gasteiger charge is -2.32. The zero-order valence-electron chi connectivity index (χ0n) is 19.7. The second-order valence-electron chi connectivity index (χ2n) is 8.47. The molecule has 11 heteroatoms. The molecule has 1 aliphatic heterocycles. The highest BCUT2D eigenvalue weighted by molar-refractivity contribution is 7.89. The quantitative estimate of drug-likeness (QED) is 0.543. The topological polar surface area (TPSA) is 120 Å². The Balaban J connectivity index is 1.56. The number of sulfonamides is 1. The van der Waals surface area contributed by atoms with Gasteiger partial charge in [-0.15, -0.1) is 0 Å². The lowest BCUT2D eigenvalue weighted by Crippen LogP contribution is -2.46. The van der Waals surface area contributed by atoms with Gasteiger partial charge in [0.2, 0.25) is 15.9 Å². The van der Waals surface area contributed by atoms with Crippen molar-refractivity contribution in [2.24, 2.45) is 13.0 Å². The van der Waals surface area contributed by atoms with Crippen LogP contribution in [0.25, 0.3) is 0 Å². The second-order valence-corrected chi connectivity index (χ2v) is 10.3. The van der Waals surface area contributed by atoms with E-state index in [4.69, 9.17) is 9.26 Å². The molecule has 10 nitrogen and oxygen atoms in total. The van der Waals surface area contributed by atoms with Crippen LogP contribution in [0.3, 0.4) is 0 Å². The van der Waals surface area contributed by atoms with Gasteiger partial charge < -0.3 is 19.1 Å². The Morgan fingerprint density at radius 2 is 2.00 bits per heavy atom. The number of hydrogen-bond acceptors (Lipinski definition) is 7. The Morgan fingerprint density at radius 3 is 2.59 bits per heavy atom. The fourth-order valence-corrected chi connectivity index (χ4v) is 6.17. The van der Waals surface area contributed by atoms with Gasteiger partial charge >= 0.3 is 0 Å². The first-order chi connectivity index (χ1) is 16.2. The number of nitrogens with zero attached hydrogens (tertiary/aromatic N) is 4. The van der Waals surface area contributed by atoms with Gasteiger partial charge in [0, 0.05) is 32.5 Å². The van der Waals surface area contributed by atoms with Gasteiger partial charge in [-0.05, 0) is 44.4 Å². The number of nitrogens with one attached hydrogen (secondary N) is 1. The van der Waals surface area contributed by atoms with Crippen molar-refractivity contribution in [1.29, 1.82) is 0 Å². The van der Waals surface area contributed by atoms with Crippen LogP contribution in [0.15, 0.2) is 46.1 Å². The first-order valence-electron chi connectivity index (χ1n) is 11.1. The Morgan fingerprint density at radius 1 is 1.26 bits per heavy atom. The Bertz CT molecular complexity index is 1250. The third-order valence-corrected chi connectivity index (χ3v) is 8.28. The minimum absolute atomic E-state index is 0.0812. The molecule has 0 saturated carbocycles. The molecule has 0 aliphatic carbocycles. The lowest BCUT2D eigenvalue weighted by atomic mass is 9.97. The molecule has 3 heterocycles. The smallest absolute Gasteiger partial charge is 0.248 e. The number of rotatable bonds is 7. The molecular weight excluding hydrogens is 458 g/mol. The predicted octanol–water partition coefficient (Wildman–Crippen LogP) is 2.34. The van der Waals surface area contributed by atoms with Gasteiger partial charge in [-0.1, -0.05) is 17.3 Å². The number of amides is 1. The van der Waals surface area contributed by atoms with E-state index in [-0.39, 0.29) is 23.1 Å². The number of methoxy groups -OCH3 is 1. The molecule has 1 amide bonds. The maximum atomic E-state index is 13.4. The molecule has 1 saturated heterocycles. The lowest BCUT2D eigenvalue weighted by molar-refractivity contribution is -0.126. The normalized spacial score (nSPS) is 17.9. The van der Waals surface area contributed by atoms with Crippen LogP contribution in [0.2, 0.25) is 0 Å². The van der Waals surface area contributed by atoms with Crippen molar-refractivity contribution < 1.29 is 22.5 Å². The highest BCUT2D eigenvalue weighted by Crippen LogP contribution is 2.29. The van der Waals surface area contributed by atoms with Crippen LogP contribution in [0.4, 0.5) is 0 Å². The molecule has 1 aliphatic rings. The van der Waals surface area contributed by atoms with E-state index >= 15 is 0 Å². The van der Waals surface area contributed by atoms with Gasteiger partial charge in [0.1, 0.15) is 28.2 Å². The average molecular weight is 488 g/mol. The number of ether oxygens (including phenoxy) is 1. The minimum Gasteiger partial charge on any atom is -0.497 e. The zero-order valence-corrected chi connectivity index (χ0v) is 20.5. The van der Waals surface area contributed by atoms with E-state index in [1.165, 1.54) is 4.31 Å². The standard InChI is InChI=1S/C23H29N5O5S/c1-15-21(16(2)33-26-15)34(30,31)28-12-5-6-18(14-28)23(29)25-20(22-24-11-13-27(22)3)17-7-9-19(32-4)10-8-17/h7-11,13,18,20H,5-6,12,14H2,1-4H3,(H,25,29)/t18-,20+/m0/s1. The van der Waals surface area contributed by atoms with Gasteiger partial charge in [0.05, 0.1) is 13.0 Å². The van der Waals surface area contributed by atoms with Crippen molar-refractivity contribution >= 4 is 15.9 Å². The van der Waals surface area contributed by atoms with Crippen molar-refractivity contribution in [2.75, 3.05) is 20.2 Å². The van der Waals surface area contributed by atoms with E-state index in [0.29, 0.717) is 36.7 Å². The van der Waals surface area contributed by atoms with Gasteiger partial charge in [-0.3, -0.25) is 4.79 Å². The van der Waals surface area contributed by atoms with Gasteiger partial charge in [0.25, 0.3) is 0 Å². The van der Waals surface area contributed by atoms with E-state index in [9.17, 15) is 13.2 Å². The molecule has 182 valence electrons. The molecular formula is C23H29N5O5S. The molecule has 2 aromatic heterocycles. The molecule has 2 atom stereocenters. The first-order valence-corrected chi connectivity index (χ1v) is 12.5. The van der Waals surface area contributed by atoms with Crippen LogP contribution >= 0.6 is 0 Å². The number of imidazole rings is 1. The summed E-state index contributed by atoms with van der Waals surface area (Å²) in [5, 5.41) is 6.87. The van der Waals surface area contributed by atoms with Gasteiger partial charge in [-0.2, -0.15) is 4.31 Å². The van der Waals surface area contributed by atoms with E-state index < -0.39 is 22.0 Å². The van der Waals surface area contributed by atoms with Crippen molar-refractivity contribution in [3.05, 3.63) is 59.5 Å². The zero-order chi connectivity index (χ0) is 24.5. The number of piperidine rings is 1. The summed E-state index contributed by atoms with van der Waals surface area (Å²) >= 11 is 0. The fraction of sp³-hybridized carbons (Fsp3) is 0.435. The van der Waals surface area contributed by atoms with Crippen molar-refractivity contribution in [1.82, 2.24) is 24.3 Å². The minimum atomic E-state index is -3.82. The van der Waals surface area contributed by atoms with Gasteiger partial charge in [-0.25, -0.2) is 13.4 Å². The number of aryl methyl sites for hydroxylation is 3. The third-order valence-electron chi connectivity index (χ3n) is 6.17. The molecule has 1 fully saturated rings. The Labute approximate surface area is 199 Å². The third kappa shape index (κ3) is 4.58. The average Bonchev–Trinajstić information content (AvgIpc) is 3.42. The van der Waals surface area contributed by atoms with Crippen LogP contribution in [0.1, 0.15) is 41.7 Å². The number of carbonyl (C=O) groups is 1. The van der Waals surface area contributed by atoms with E-state index in [1.54, 1.807) is 27.2 Å². The van der Waals surface area contributed by atoms with E-state index in [2.05, 4.69) is 15.5 Å². The van der Waals surface area contributed by atoms with Gasteiger partial charge in [0.15, 0.2) is 5.76 Å². The number of carbonyl (C=O) groups excluding carboxylic acids is 1. The number of hydrogen-bond donors (Lipinski definition) is 1. The van der Waals surface area contributed by atoms with E-state index in [1.807, 2.05) is 42.1 Å². The molecule has 0 bridgehead atoms. The summed E-state index contributed by atoms with van der Waals surface area (Å²) in [5.74, 6) is 0.918. The molecule has 0 radical (unpaired) electrons. The molecule has 1 N–H and O–H groups in total. The molecule has 4 rings (SSSR count). The largest absolute Gasteiger partial charge is 0.497 e. The molecule has 1 aromatic carbocycles. The van der Waals surface area contributed by atoms with Crippen molar-refractivity contribution in [3.63, 3.8) is 0 Å². The second kappa shape index (κ2) is 9.59. The van der Waals surface area contributed by atoms with E-state index in [0.717, 1.165) is 5.56 Å². The SMILES string of the molecule is COc1ccc([C@@H](NC(=O)[C@H]2CCCN(S(=O)(=O)c3c(C)noc3C)C2)c2nccn2C)cc1. The summed E-state index contributed by atoms with van der Waals surface area (Å²) in [6, 6.07) is 6.93. The molecule has 34 heavy (non-hydrogen) atoms. The maximum absolute atomic E-state index is 13.4. The highest BCUT2D eigenvalue weighted by Gasteiger charge is 2.37. The fourth-order valence-electron chi connectivity index (χ4n) is 4.36. The van der Waals surface area contributed by atoms with Crippen LogP contribution in [-0.4, -0.2) is 53.5 Å². The first kappa shape index (κ1) is 24.0. The summed E-state index contributed by atoms with van der Waals surface area (Å²) in [7, 11) is -0.358. The monoisotopic (exact) mass is 487 g/mol. The summed E-state index contributed by atoms with van der Waals surface area (Å²) in [5.41, 5.74) is 1.16.